The minimum Gasteiger partial charge on any atom is -0.0991 e. The lowest BCUT2D eigenvalue weighted by molar-refractivity contribution is 1.46. The zero-order chi connectivity index (χ0) is 44.7. The van der Waals surface area contributed by atoms with E-state index in [9.17, 15) is 0 Å². The van der Waals surface area contributed by atoms with Gasteiger partial charge in [-0.3, -0.25) is 0 Å². The molecule has 0 fully saturated rings. The second-order valence-electron chi connectivity index (χ2n) is 13.8. The van der Waals surface area contributed by atoms with E-state index in [-0.39, 0.29) is 0 Å². The average molecular weight is 803 g/mol. The van der Waals surface area contributed by atoms with Gasteiger partial charge in [-0.15, -0.1) is 0 Å². The van der Waals surface area contributed by atoms with Gasteiger partial charge >= 0.3 is 0 Å². The van der Waals surface area contributed by atoms with Gasteiger partial charge < -0.3 is 0 Å². The quantitative estimate of drug-likeness (QED) is 0.0736. The summed E-state index contributed by atoms with van der Waals surface area (Å²) in [4.78, 5) is 0. The number of allylic oxidation sites excluding steroid dienone is 28. The maximum absolute atomic E-state index is 4.41. The highest BCUT2D eigenvalue weighted by Gasteiger charge is 2.23. The highest BCUT2D eigenvalue weighted by Crippen LogP contribution is 2.46. The number of hydrogen-bond acceptors (Lipinski definition) is 0. The predicted octanol–water partition coefficient (Wildman–Crippen LogP) is 17.6. The molecule has 0 bridgehead atoms. The summed E-state index contributed by atoms with van der Waals surface area (Å²) in [6.45, 7) is 36.9. The molecule has 0 unspecified atom stereocenters. The van der Waals surface area contributed by atoms with Crippen molar-refractivity contribution in [3.05, 3.63) is 316 Å². The smallest absolute Gasteiger partial charge is 0.00206 e. The van der Waals surface area contributed by atoms with E-state index in [1.165, 1.54) is 0 Å². The summed E-state index contributed by atoms with van der Waals surface area (Å²) in [6.07, 6.45) is 39.1. The number of rotatable bonds is 21. The van der Waals surface area contributed by atoms with Gasteiger partial charge in [-0.05, 0) is 103 Å². The van der Waals surface area contributed by atoms with Crippen molar-refractivity contribution in [2.75, 3.05) is 0 Å². The topological polar surface area (TPSA) is 0 Å². The van der Waals surface area contributed by atoms with E-state index in [4.69, 9.17) is 0 Å². The maximum atomic E-state index is 4.41. The molecule has 0 aromatic heterocycles. The van der Waals surface area contributed by atoms with Crippen molar-refractivity contribution in [3.63, 3.8) is 0 Å². The second-order valence-corrected chi connectivity index (χ2v) is 13.8. The first kappa shape index (κ1) is 46.9. The van der Waals surface area contributed by atoms with Gasteiger partial charge in [0.15, 0.2) is 0 Å². The van der Waals surface area contributed by atoms with Crippen LogP contribution in [0.5, 0.6) is 0 Å². The van der Waals surface area contributed by atoms with Crippen LogP contribution < -0.4 is 0 Å². The molecule has 0 nitrogen and oxygen atoms in total. The van der Waals surface area contributed by atoms with E-state index in [1.807, 2.05) is 79.8 Å². The van der Waals surface area contributed by atoms with Crippen molar-refractivity contribution in [2.45, 2.75) is 13.8 Å². The monoisotopic (exact) mass is 802 g/mol. The first-order chi connectivity index (χ1) is 30.4. The summed E-state index contributed by atoms with van der Waals surface area (Å²) in [5.41, 5.74) is 16.4. The van der Waals surface area contributed by atoms with Crippen molar-refractivity contribution in [3.8, 4) is 22.3 Å². The average Bonchev–Trinajstić information content (AvgIpc) is 3.32. The second kappa shape index (κ2) is 25.0. The van der Waals surface area contributed by atoms with Gasteiger partial charge in [0.05, 0.1) is 0 Å². The Balaban J connectivity index is 2.30. The van der Waals surface area contributed by atoms with Gasteiger partial charge in [0.2, 0.25) is 0 Å². The molecule has 0 aliphatic carbocycles. The normalized spacial score (nSPS) is 13.5. The third kappa shape index (κ3) is 11.5. The Morgan fingerprint density at radius 2 is 0.823 bits per heavy atom. The summed E-state index contributed by atoms with van der Waals surface area (Å²) in [5.74, 6) is 0. The van der Waals surface area contributed by atoms with E-state index in [0.717, 1.165) is 89.1 Å². The van der Waals surface area contributed by atoms with Crippen LogP contribution >= 0.6 is 0 Å². The fraction of sp³-hybridized carbons (Fsp3) is 0.0323. The van der Waals surface area contributed by atoms with Gasteiger partial charge in [0, 0.05) is 0 Å². The summed E-state index contributed by atoms with van der Waals surface area (Å²) in [7, 11) is 0. The Hall–Kier alpha value is -7.80. The lowest BCUT2D eigenvalue weighted by atomic mass is 9.80. The van der Waals surface area contributed by atoms with E-state index in [2.05, 4.69) is 181 Å². The van der Waals surface area contributed by atoms with Crippen molar-refractivity contribution < 1.29 is 0 Å². The largest absolute Gasteiger partial charge is 0.0991 e. The molecule has 0 radical (unpaired) electrons. The molecular weight excluding hydrogens is 745 g/mol. The van der Waals surface area contributed by atoms with Crippen molar-refractivity contribution in [1.29, 1.82) is 0 Å². The van der Waals surface area contributed by atoms with Crippen LogP contribution in [0.1, 0.15) is 36.1 Å². The van der Waals surface area contributed by atoms with Crippen LogP contribution in [0, 0.1) is 0 Å². The van der Waals surface area contributed by atoms with Crippen molar-refractivity contribution >= 4 is 22.3 Å². The predicted molar refractivity (Wildman–Crippen MR) is 279 cm³/mol. The zero-order valence-electron chi connectivity index (χ0n) is 36.4. The summed E-state index contributed by atoms with van der Waals surface area (Å²) >= 11 is 0. The van der Waals surface area contributed by atoms with Crippen LogP contribution in [-0.4, -0.2) is 0 Å². The standard InChI is InChI=1S/C62H58/c1-11-21-33-47(17-7)55(19-9)60(59(51-37-27-25-28-38-51)56(20-10)49(31-15-5)35-23-13-3)53-41-43-54(44-42-53)62-58(50(32-16-6)36-24-14-4)46-45-57(48(18-8)34-22-12-2)61(62)52-39-29-26-30-40-52/h11-46H,1-6,9-10H2,7-8H3/b33-21-,34-22-,35-23-,36-24-,47-17+,48-18+,49-31+,50-32+,59-56+,60-55+. The molecule has 4 rings (SSSR count). The first-order valence-corrected chi connectivity index (χ1v) is 20.7. The Kier molecular flexibility index (Phi) is 18.9. The molecule has 0 amide bonds. The Morgan fingerprint density at radius 1 is 0.387 bits per heavy atom. The molecule has 4 aromatic carbocycles. The fourth-order valence-electron chi connectivity index (χ4n) is 7.39. The molecular formula is C62H58. The van der Waals surface area contributed by atoms with Crippen LogP contribution in [0.4, 0.5) is 0 Å². The zero-order valence-corrected chi connectivity index (χ0v) is 36.4. The van der Waals surface area contributed by atoms with Gasteiger partial charge in [-0.25, -0.2) is 0 Å². The molecule has 0 N–H and O–H groups in total. The highest BCUT2D eigenvalue weighted by atomic mass is 14.3. The molecule has 0 heterocycles. The van der Waals surface area contributed by atoms with Crippen LogP contribution in [-0.2, 0) is 0 Å². The van der Waals surface area contributed by atoms with Crippen LogP contribution in [0.3, 0.4) is 0 Å². The fourth-order valence-corrected chi connectivity index (χ4v) is 7.39. The van der Waals surface area contributed by atoms with E-state index >= 15 is 0 Å². The van der Waals surface area contributed by atoms with Crippen LogP contribution in [0.25, 0.3) is 44.5 Å². The molecule has 62 heavy (non-hydrogen) atoms. The maximum Gasteiger partial charge on any atom is -0.00206 e. The van der Waals surface area contributed by atoms with Gasteiger partial charge in [0.25, 0.3) is 0 Å². The van der Waals surface area contributed by atoms with E-state index in [1.54, 1.807) is 24.3 Å². The molecule has 0 aliphatic rings. The molecule has 306 valence electrons. The minimum atomic E-state index is 0.928. The summed E-state index contributed by atoms with van der Waals surface area (Å²) in [6, 6.07) is 34.3. The van der Waals surface area contributed by atoms with Gasteiger partial charge in [0.1, 0.15) is 0 Å². The molecule has 0 spiro atoms. The van der Waals surface area contributed by atoms with Crippen LogP contribution in [0.15, 0.2) is 294 Å². The lowest BCUT2D eigenvalue weighted by Gasteiger charge is -2.24. The van der Waals surface area contributed by atoms with Crippen molar-refractivity contribution in [2.24, 2.45) is 0 Å². The molecule has 0 aliphatic heterocycles. The Labute approximate surface area is 372 Å². The third-order valence-electron chi connectivity index (χ3n) is 10.1. The first-order valence-electron chi connectivity index (χ1n) is 20.7. The Morgan fingerprint density at radius 3 is 1.31 bits per heavy atom. The van der Waals surface area contributed by atoms with Gasteiger partial charge in [-0.2, -0.15) is 0 Å². The van der Waals surface area contributed by atoms with Gasteiger partial charge in [-0.1, -0.05) is 271 Å². The molecule has 0 atom stereocenters. The van der Waals surface area contributed by atoms with E-state index in [0.29, 0.717) is 0 Å². The molecule has 4 aromatic rings. The molecule has 0 heteroatoms. The highest BCUT2D eigenvalue weighted by molar-refractivity contribution is 6.11. The van der Waals surface area contributed by atoms with Crippen LogP contribution in [0.2, 0.25) is 0 Å². The summed E-state index contributed by atoms with van der Waals surface area (Å²) < 4.78 is 0. The third-order valence-corrected chi connectivity index (χ3v) is 10.1. The SMILES string of the molecule is C=C\C=C/C(=C\C=C)C(/C=C)=C(/C(=C(C=C)/C(/C=C\C=C)=C/C)c1ccc(-c2c(C(/C=C\C=C)=C/C=C)ccc(C(/C=C\C=C)=C/C)c2-c2ccccc2)cc1)c1ccccc1. The molecule has 0 saturated carbocycles. The minimum absolute atomic E-state index is 0.928. The number of benzene rings is 4. The summed E-state index contributed by atoms with van der Waals surface area (Å²) in [5, 5.41) is 0. The Bertz CT molecular complexity index is 2600. The number of hydrogen-bond donors (Lipinski definition) is 0. The molecule has 0 saturated heterocycles. The lowest BCUT2D eigenvalue weighted by Crippen LogP contribution is -2.02. The van der Waals surface area contributed by atoms with Crippen molar-refractivity contribution in [1.82, 2.24) is 0 Å². The van der Waals surface area contributed by atoms with E-state index < -0.39 is 0 Å².